The van der Waals surface area contributed by atoms with Gasteiger partial charge in [-0.3, -0.25) is 4.79 Å². The van der Waals surface area contributed by atoms with Crippen molar-refractivity contribution in [1.82, 2.24) is 9.80 Å². The SMILES string of the molecule is CN1CCO[C@@H]2CN(C(=O)CC3Cc4ccccc4C3)C[C@@H]2C1.O=C(O)C(F)(F)F. The van der Waals surface area contributed by atoms with Gasteiger partial charge < -0.3 is 19.6 Å². The van der Waals surface area contributed by atoms with Crippen LogP contribution in [0.15, 0.2) is 24.3 Å². The fourth-order valence-electron chi connectivity index (χ4n) is 4.43. The highest BCUT2D eigenvalue weighted by molar-refractivity contribution is 5.77. The van der Waals surface area contributed by atoms with Crippen molar-refractivity contribution in [2.45, 2.75) is 31.5 Å². The van der Waals surface area contributed by atoms with E-state index in [0.29, 0.717) is 24.2 Å². The number of carboxylic acids is 1. The van der Waals surface area contributed by atoms with Gasteiger partial charge in [0, 0.05) is 38.5 Å². The number of benzene rings is 1. The zero-order valence-electron chi connectivity index (χ0n) is 16.9. The number of halogens is 3. The number of likely N-dealkylation sites (tertiary alicyclic amines) is 1. The molecule has 4 rings (SSSR count). The summed E-state index contributed by atoms with van der Waals surface area (Å²) in [5.74, 6) is -1.48. The first-order valence-corrected chi connectivity index (χ1v) is 10.1. The van der Waals surface area contributed by atoms with Gasteiger partial charge in [0.1, 0.15) is 0 Å². The van der Waals surface area contributed by atoms with Gasteiger partial charge in [-0.25, -0.2) is 4.79 Å². The molecule has 6 nitrogen and oxygen atoms in total. The van der Waals surface area contributed by atoms with E-state index in [2.05, 4.69) is 41.1 Å². The number of hydrogen-bond acceptors (Lipinski definition) is 4. The van der Waals surface area contributed by atoms with Gasteiger partial charge in [-0.2, -0.15) is 13.2 Å². The second-order valence-electron chi connectivity index (χ2n) is 8.28. The standard InChI is InChI=1S/C19H26N2O2.C2HF3O2/c1-20-6-7-23-18-13-21(12-17(18)11-20)19(22)10-14-8-15-4-2-3-5-16(15)9-14;3-2(4,5)1(6)7/h2-5,14,17-18H,6-13H2,1H3;(H,6,7)/t17-,18+;/m0./s1. The summed E-state index contributed by atoms with van der Waals surface area (Å²) in [6.45, 7) is 4.49. The zero-order chi connectivity index (χ0) is 21.9. The summed E-state index contributed by atoms with van der Waals surface area (Å²) >= 11 is 0. The van der Waals surface area contributed by atoms with Crippen LogP contribution in [0.3, 0.4) is 0 Å². The van der Waals surface area contributed by atoms with Gasteiger partial charge in [0.25, 0.3) is 0 Å². The average molecular weight is 428 g/mol. The minimum atomic E-state index is -5.08. The molecule has 9 heteroatoms. The molecule has 30 heavy (non-hydrogen) atoms. The van der Waals surface area contributed by atoms with E-state index in [0.717, 1.165) is 45.6 Å². The normalized spacial score (nSPS) is 24.5. The van der Waals surface area contributed by atoms with Gasteiger partial charge >= 0.3 is 12.1 Å². The predicted octanol–water partition coefficient (Wildman–Crippen LogP) is 2.21. The second-order valence-corrected chi connectivity index (χ2v) is 8.28. The van der Waals surface area contributed by atoms with Crippen LogP contribution in [-0.2, 0) is 27.2 Å². The Bertz CT molecular complexity index is 746. The summed E-state index contributed by atoms with van der Waals surface area (Å²) in [5.41, 5.74) is 2.86. The molecule has 2 aliphatic heterocycles. The average Bonchev–Trinajstić information content (AvgIpc) is 3.20. The summed E-state index contributed by atoms with van der Waals surface area (Å²) in [6.07, 6.45) is -2.04. The van der Waals surface area contributed by atoms with Gasteiger partial charge in [-0.05, 0) is 36.9 Å². The molecule has 0 bridgehead atoms. The molecule has 2 fully saturated rings. The third kappa shape index (κ3) is 5.72. The Hall–Kier alpha value is -2.13. The maximum atomic E-state index is 12.7. The molecular formula is C21H27F3N2O4. The van der Waals surface area contributed by atoms with Crippen molar-refractivity contribution in [2.24, 2.45) is 11.8 Å². The minimum absolute atomic E-state index is 0.240. The van der Waals surface area contributed by atoms with Gasteiger partial charge in [0.05, 0.1) is 12.7 Å². The molecule has 0 spiro atoms. The number of carboxylic acid groups (broad SMARTS) is 1. The molecule has 1 aromatic rings. The maximum Gasteiger partial charge on any atom is 0.490 e. The van der Waals surface area contributed by atoms with Crippen LogP contribution in [0.2, 0.25) is 0 Å². The Morgan fingerprint density at radius 3 is 2.30 bits per heavy atom. The topological polar surface area (TPSA) is 70.1 Å². The highest BCUT2D eigenvalue weighted by Crippen LogP contribution is 2.30. The Morgan fingerprint density at radius 2 is 1.73 bits per heavy atom. The largest absolute Gasteiger partial charge is 0.490 e. The van der Waals surface area contributed by atoms with Crippen molar-refractivity contribution in [1.29, 1.82) is 0 Å². The molecule has 0 unspecified atom stereocenters. The lowest BCUT2D eigenvalue weighted by atomic mass is 10.0. The Balaban J connectivity index is 0.000000318. The third-order valence-corrected chi connectivity index (χ3v) is 5.93. The fourth-order valence-corrected chi connectivity index (χ4v) is 4.43. The third-order valence-electron chi connectivity index (χ3n) is 5.93. The van der Waals surface area contributed by atoms with Crippen molar-refractivity contribution in [3.63, 3.8) is 0 Å². The maximum absolute atomic E-state index is 12.7. The number of carbonyl (C=O) groups excluding carboxylic acids is 1. The summed E-state index contributed by atoms with van der Waals surface area (Å²) in [5, 5.41) is 7.12. The Morgan fingerprint density at radius 1 is 1.13 bits per heavy atom. The second kappa shape index (κ2) is 9.34. The molecule has 0 aromatic heterocycles. The van der Waals surface area contributed by atoms with E-state index in [4.69, 9.17) is 14.6 Å². The van der Waals surface area contributed by atoms with Crippen molar-refractivity contribution in [3.05, 3.63) is 35.4 Å². The molecule has 0 saturated carbocycles. The molecule has 1 aromatic carbocycles. The molecule has 1 amide bonds. The van der Waals surface area contributed by atoms with E-state index >= 15 is 0 Å². The lowest BCUT2D eigenvalue weighted by Gasteiger charge is -2.20. The number of carbonyl (C=O) groups is 2. The number of amides is 1. The highest BCUT2D eigenvalue weighted by Gasteiger charge is 2.39. The molecule has 166 valence electrons. The molecular weight excluding hydrogens is 401 g/mol. The zero-order valence-corrected chi connectivity index (χ0v) is 16.9. The van der Waals surface area contributed by atoms with Crippen LogP contribution < -0.4 is 0 Å². The van der Waals surface area contributed by atoms with Gasteiger partial charge in [-0.1, -0.05) is 24.3 Å². The summed E-state index contributed by atoms with van der Waals surface area (Å²) in [4.78, 5) is 26.0. The summed E-state index contributed by atoms with van der Waals surface area (Å²) in [6, 6.07) is 8.62. The van der Waals surface area contributed by atoms with E-state index in [1.165, 1.54) is 11.1 Å². The van der Waals surface area contributed by atoms with Crippen LogP contribution in [0.4, 0.5) is 13.2 Å². The first kappa shape index (κ1) is 22.6. The van der Waals surface area contributed by atoms with Crippen LogP contribution in [-0.4, -0.2) is 78.9 Å². The first-order valence-electron chi connectivity index (χ1n) is 10.1. The summed E-state index contributed by atoms with van der Waals surface area (Å²) in [7, 11) is 2.14. The molecule has 2 atom stereocenters. The van der Waals surface area contributed by atoms with E-state index in [1.54, 1.807) is 0 Å². The Labute approximate surface area is 173 Å². The minimum Gasteiger partial charge on any atom is -0.475 e. The molecule has 0 radical (unpaired) electrons. The molecule has 2 saturated heterocycles. The van der Waals surface area contributed by atoms with E-state index < -0.39 is 12.1 Å². The van der Waals surface area contributed by atoms with Crippen LogP contribution in [0.5, 0.6) is 0 Å². The molecule has 2 heterocycles. The van der Waals surface area contributed by atoms with E-state index in [-0.39, 0.29) is 6.10 Å². The van der Waals surface area contributed by atoms with Gasteiger partial charge in [0.2, 0.25) is 5.91 Å². The number of nitrogens with zero attached hydrogens (tertiary/aromatic N) is 2. The van der Waals surface area contributed by atoms with Crippen molar-refractivity contribution in [3.8, 4) is 0 Å². The lowest BCUT2D eigenvalue weighted by Crippen LogP contribution is -2.33. The quantitative estimate of drug-likeness (QED) is 0.782. The van der Waals surface area contributed by atoms with Crippen molar-refractivity contribution >= 4 is 11.9 Å². The van der Waals surface area contributed by atoms with Crippen molar-refractivity contribution in [2.75, 3.05) is 39.8 Å². The van der Waals surface area contributed by atoms with Crippen LogP contribution in [0.25, 0.3) is 0 Å². The van der Waals surface area contributed by atoms with Gasteiger partial charge in [-0.15, -0.1) is 0 Å². The number of ether oxygens (including phenoxy) is 1. The lowest BCUT2D eigenvalue weighted by molar-refractivity contribution is -0.192. The smallest absolute Gasteiger partial charge is 0.475 e. The van der Waals surface area contributed by atoms with Crippen LogP contribution in [0, 0.1) is 11.8 Å². The van der Waals surface area contributed by atoms with Crippen molar-refractivity contribution < 1.29 is 32.6 Å². The van der Waals surface area contributed by atoms with E-state index in [1.807, 2.05) is 0 Å². The highest BCUT2D eigenvalue weighted by atomic mass is 19.4. The van der Waals surface area contributed by atoms with Crippen LogP contribution in [0.1, 0.15) is 17.5 Å². The monoisotopic (exact) mass is 428 g/mol. The van der Waals surface area contributed by atoms with Gasteiger partial charge in [0.15, 0.2) is 0 Å². The first-order chi connectivity index (χ1) is 14.1. The number of likely N-dealkylation sites (N-methyl/N-ethyl adjacent to an activating group) is 1. The Kier molecular flexibility index (Phi) is 7.02. The fraction of sp³-hybridized carbons (Fsp3) is 0.619. The number of aliphatic carboxylic acids is 1. The number of hydrogen-bond donors (Lipinski definition) is 1. The van der Waals surface area contributed by atoms with Crippen LogP contribution >= 0.6 is 0 Å². The summed E-state index contributed by atoms with van der Waals surface area (Å²) < 4.78 is 37.7. The number of fused-ring (bicyclic) bond motifs is 2. The molecule has 3 aliphatic rings. The molecule has 1 N–H and O–H groups in total. The number of rotatable bonds is 2. The predicted molar refractivity (Wildman–Crippen MR) is 103 cm³/mol. The van der Waals surface area contributed by atoms with E-state index in [9.17, 15) is 18.0 Å². The molecule has 1 aliphatic carbocycles. The number of alkyl halides is 3.